The molecule has 0 aromatic carbocycles. The minimum Gasteiger partial charge on any atom is -0.382 e. The van der Waals surface area contributed by atoms with E-state index in [1.165, 1.54) is 0 Å². The van der Waals surface area contributed by atoms with E-state index >= 15 is 0 Å². The molecular weight excluding hydrogens is 321 g/mol. The first-order chi connectivity index (χ1) is 10.4. The van der Waals surface area contributed by atoms with Crippen molar-refractivity contribution < 1.29 is 27.1 Å². The van der Waals surface area contributed by atoms with Gasteiger partial charge in [-0.2, -0.15) is 23.5 Å². The summed E-state index contributed by atoms with van der Waals surface area (Å²) in [5.41, 5.74) is -3.14. The van der Waals surface area contributed by atoms with E-state index in [4.69, 9.17) is 5.26 Å². The SMILES string of the molecule is CC(C)(C#N)CCn1nc(C(F)(F)F)c2c1CCC(F)(F)[C@H]2O. The van der Waals surface area contributed by atoms with Gasteiger partial charge in [-0.05, 0) is 26.7 Å². The van der Waals surface area contributed by atoms with Crippen LogP contribution >= 0.6 is 0 Å². The second-order valence-corrected chi connectivity index (χ2v) is 6.34. The molecule has 1 aromatic heterocycles. The summed E-state index contributed by atoms with van der Waals surface area (Å²) < 4.78 is 67.4. The van der Waals surface area contributed by atoms with Crippen LogP contribution in [0.15, 0.2) is 0 Å². The largest absolute Gasteiger partial charge is 0.435 e. The summed E-state index contributed by atoms with van der Waals surface area (Å²) >= 11 is 0. The van der Waals surface area contributed by atoms with Gasteiger partial charge in [0.15, 0.2) is 5.69 Å². The number of aromatic nitrogens is 2. The van der Waals surface area contributed by atoms with Crippen molar-refractivity contribution in [3.05, 3.63) is 17.0 Å². The lowest BCUT2D eigenvalue weighted by atomic mass is 9.89. The smallest absolute Gasteiger partial charge is 0.382 e. The number of halogens is 5. The molecule has 0 amide bonds. The Balaban J connectivity index is 2.46. The monoisotopic (exact) mass is 337 g/mol. The maximum Gasteiger partial charge on any atom is 0.435 e. The Kier molecular flexibility index (Phi) is 4.18. The van der Waals surface area contributed by atoms with Crippen LogP contribution in [0, 0.1) is 16.7 Å². The minimum atomic E-state index is -4.94. The van der Waals surface area contributed by atoms with Crippen molar-refractivity contribution in [2.45, 2.75) is 57.9 Å². The summed E-state index contributed by atoms with van der Waals surface area (Å²) in [5.74, 6) is -3.62. The van der Waals surface area contributed by atoms with Gasteiger partial charge in [0.2, 0.25) is 0 Å². The Morgan fingerprint density at radius 1 is 1.39 bits per heavy atom. The first kappa shape index (κ1) is 17.7. The van der Waals surface area contributed by atoms with Crippen LogP contribution in [0.4, 0.5) is 22.0 Å². The number of aliphatic hydroxyl groups excluding tert-OH is 1. The predicted octanol–water partition coefficient (Wildman–Crippen LogP) is 3.46. The molecule has 0 bridgehead atoms. The fourth-order valence-corrected chi connectivity index (χ4v) is 2.53. The number of fused-ring (bicyclic) bond motifs is 1. The molecule has 2 rings (SSSR count). The van der Waals surface area contributed by atoms with Gasteiger partial charge in [0.05, 0.1) is 11.5 Å². The van der Waals surface area contributed by atoms with Gasteiger partial charge in [0.25, 0.3) is 5.92 Å². The topological polar surface area (TPSA) is 61.8 Å². The average Bonchev–Trinajstić information content (AvgIpc) is 2.80. The fraction of sp³-hybridized carbons (Fsp3) is 0.714. The Hall–Kier alpha value is -1.69. The van der Waals surface area contributed by atoms with Crippen LogP contribution in [0.3, 0.4) is 0 Å². The molecule has 0 unspecified atom stereocenters. The van der Waals surface area contributed by atoms with Crippen molar-refractivity contribution in [3.63, 3.8) is 0 Å². The number of hydrogen-bond acceptors (Lipinski definition) is 3. The van der Waals surface area contributed by atoms with E-state index in [2.05, 4.69) is 5.10 Å². The van der Waals surface area contributed by atoms with Crippen molar-refractivity contribution in [1.29, 1.82) is 5.26 Å². The van der Waals surface area contributed by atoms with Gasteiger partial charge in [-0.25, -0.2) is 8.78 Å². The molecule has 1 aromatic rings. The van der Waals surface area contributed by atoms with Crippen LogP contribution in [0.25, 0.3) is 0 Å². The van der Waals surface area contributed by atoms with E-state index < -0.39 is 41.3 Å². The van der Waals surface area contributed by atoms with Crippen molar-refractivity contribution in [3.8, 4) is 6.07 Å². The van der Waals surface area contributed by atoms with E-state index in [1.54, 1.807) is 13.8 Å². The molecule has 0 saturated heterocycles. The summed E-state index contributed by atoms with van der Waals surface area (Å²) in [7, 11) is 0. The van der Waals surface area contributed by atoms with Gasteiger partial charge >= 0.3 is 6.18 Å². The molecule has 0 fully saturated rings. The third kappa shape index (κ3) is 3.32. The van der Waals surface area contributed by atoms with E-state index in [1.807, 2.05) is 6.07 Å². The molecular formula is C14H16F5N3O. The number of nitriles is 1. The van der Waals surface area contributed by atoms with E-state index in [0.717, 1.165) is 4.68 Å². The Bertz CT molecular complexity index is 642. The predicted molar refractivity (Wildman–Crippen MR) is 69.5 cm³/mol. The highest BCUT2D eigenvalue weighted by Crippen LogP contribution is 2.46. The zero-order valence-corrected chi connectivity index (χ0v) is 12.6. The lowest BCUT2D eigenvalue weighted by Gasteiger charge is -2.29. The van der Waals surface area contributed by atoms with Crippen molar-refractivity contribution in [2.24, 2.45) is 5.41 Å². The lowest BCUT2D eigenvalue weighted by Crippen LogP contribution is -2.33. The first-order valence-corrected chi connectivity index (χ1v) is 7.03. The molecule has 23 heavy (non-hydrogen) atoms. The van der Waals surface area contributed by atoms with Gasteiger partial charge in [-0.1, -0.05) is 0 Å². The zero-order valence-electron chi connectivity index (χ0n) is 12.6. The molecule has 1 heterocycles. The van der Waals surface area contributed by atoms with Crippen molar-refractivity contribution >= 4 is 0 Å². The molecule has 0 radical (unpaired) electrons. The summed E-state index contributed by atoms with van der Waals surface area (Å²) in [5, 5.41) is 22.0. The molecule has 0 spiro atoms. The Labute approximate surface area is 129 Å². The molecule has 1 atom stereocenters. The van der Waals surface area contributed by atoms with Crippen LogP contribution in [-0.2, 0) is 19.1 Å². The number of rotatable bonds is 3. The number of nitrogens with zero attached hydrogens (tertiary/aromatic N) is 3. The van der Waals surface area contributed by atoms with E-state index in [9.17, 15) is 27.1 Å². The highest BCUT2D eigenvalue weighted by atomic mass is 19.4. The molecule has 9 heteroatoms. The number of aryl methyl sites for hydroxylation is 1. The number of hydrogen-bond donors (Lipinski definition) is 1. The second-order valence-electron chi connectivity index (χ2n) is 6.34. The Morgan fingerprint density at radius 3 is 2.52 bits per heavy atom. The van der Waals surface area contributed by atoms with E-state index in [0.29, 0.717) is 0 Å². The molecule has 128 valence electrons. The third-order valence-corrected chi connectivity index (χ3v) is 3.99. The quantitative estimate of drug-likeness (QED) is 0.859. The lowest BCUT2D eigenvalue weighted by molar-refractivity contribution is -0.150. The van der Waals surface area contributed by atoms with Gasteiger partial charge in [-0.3, -0.25) is 4.68 Å². The summed E-state index contributed by atoms with van der Waals surface area (Å²) in [6, 6.07) is 2.02. The summed E-state index contributed by atoms with van der Waals surface area (Å²) in [6.07, 6.45) is -8.31. The molecule has 1 N–H and O–H groups in total. The minimum absolute atomic E-state index is 0.0166. The highest BCUT2D eigenvalue weighted by Gasteiger charge is 2.51. The zero-order chi connectivity index (χ0) is 17.6. The van der Waals surface area contributed by atoms with Crippen LogP contribution < -0.4 is 0 Å². The first-order valence-electron chi connectivity index (χ1n) is 7.03. The number of alkyl halides is 5. The van der Waals surface area contributed by atoms with Crippen molar-refractivity contribution in [2.75, 3.05) is 0 Å². The van der Waals surface area contributed by atoms with Crippen LogP contribution in [0.5, 0.6) is 0 Å². The molecule has 0 aliphatic heterocycles. The molecule has 4 nitrogen and oxygen atoms in total. The van der Waals surface area contributed by atoms with Gasteiger partial charge in [-0.15, -0.1) is 0 Å². The maximum absolute atomic E-state index is 13.6. The average molecular weight is 337 g/mol. The summed E-state index contributed by atoms with van der Waals surface area (Å²) in [6.45, 7) is 3.23. The fourth-order valence-electron chi connectivity index (χ4n) is 2.53. The molecule has 1 aliphatic carbocycles. The van der Waals surface area contributed by atoms with Gasteiger partial charge < -0.3 is 5.11 Å². The van der Waals surface area contributed by atoms with Crippen molar-refractivity contribution in [1.82, 2.24) is 9.78 Å². The number of aliphatic hydroxyl groups is 1. The van der Waals surface area contributed by atoms with Crippen LogP contribution in [-0.4, -0.2) is 20.8 Å². The van der Waals surface area contributed by atoms with E-state index in [-0.39, 0.29) is 25.1 Å². The van der Waals surface area contributed by atoms with Crippen LogP contribution in [0.1, 0.15) is 49.7 Å². The second kappa shape index (κ2) is 5.44. The molecule has 0 saturated carbocycles. The maximum atomic E-state index is 13.6. The molecule has 1 aliphatic rings. The third-order valence-electron chi connectivity index (χ3n) is 3.99. The summed E-state index contributed by atoms with van der Waals surface area (Å²) in [4.78, 5) is 0. The standard InChI is InChI=1S/C14H16F5N3O/c1-12(2,7-20)5-6-22-8-3-4-13(15,16)11(23)9(8)10(21-22)14(17,18)19/h11,23H,3-6H2,1-2H3/t11-/m0/s1. The van der Waals surface area contributed by atoms with Gasteiger partial charge in [0.1, 0.15) is 6.10 Å². The van der Waals surface area contributed by atoms with Crippen LogP contribution in [0.2, 0.25) is 0 Å². The van der Waals surface area contributed by atoms with Gasteiger partial charge in [0, 0.05) is 24.2 Å². The Morgan fingerprint density at radius 2 is 2.00 bits per heavy atom. The normalized spacial score (nSPS) is 20.9. The highest BCUT2D eigenvalue weighted by molar-refractivity contribution is 5.35.